The smallest absolute Gasteiger partial charge is 0.251 e. The van der Waals surface area contributed by atoms with Gasteiger partial charge >= 0.3 is 0 Å². The average molecular weight is 481 g/mol. The zero-order valence-electron chi connectivity index (χ0n) is 19.7. The van der Waals surface area contributed by atoms with Gasteiger partial charge < -0.3 is 25.6 Å². The van der Waals surface area contributed by atoms with E-state index < -0.39 is 6.10 Å². The van der Waals surface area contributed by atoms with Crippen molar-refractivity contribution in [1.29, 1.82) is 0 Å². The van der Waals surface area contributed by atoms with E-state index in [-0.39, 0.29) is 5.91 Å². The lowest BCUT2D eigenvalue weighted by Gasteiger charge is -2.22. The molecule has 0 spiro atoms. The fraction of sp³-hybridized carbons (Fsp3) is 0.560. The van der Waals surface area contributed by atoms with Crippen LogP contribution in [0.2, 0.25) is 0 Å². The molecule has 1 amide bonds. The minimum absolute atomic E-state index is 0.142. The van der Waals surface area contributed by atoms with Gasteiger partial charge in [0.1, 0.15) is 16.8 Å². The lowest BCUT2D eigenvalue weighted by molar-refractivity contribution is -0.138. The summed E-state index contributed by atoms with van der Waals surface area (Å²) in [5, 5.41) is 19.1. The van der Waals surface area contributed by atoms with E-state index in [1.807, 2.05) is 24.3 Å². The van der Waals surface area contributed by atoms with Crippen molar-refractivity contribution >= 4 is 34.0 Å². The molecule has 0 aromatic carbocycles. The molecule has 1 saturated heterocycles. The van der Waals surface area contributed by atoms with Crippen LogP contribution < -0.4 is 10.6 Å². The number of nitrogens with zero attached hydrogens (tertiary/aromatic N) is 3. The molecule has 2 fully saturated rings. The Bertz CT molecular complexity index is 1210. The Morgan fingerprint density at radius 3 is 2.85 bits per heavy atom. The second-order valence-corrected chi connectivity index (χ2v) is 11.1. The van der Waals surface area contributed by atoms with Crippen LogP contribution in [0.5, 0.6) is 0 Å². The standard InChI is InChI=1S/C25H32N6O2S/c1-13(32)25(33)31-11-14-8-16(9-15(14)12-31)29-21-17-6-7-27-23(17)28-10-18(21)24-30-20-5-3-4-19(26-2)22(20)34-24/h6-7,10,13-16,19,26,32H,3-5,8-9,11-12H2,1-2H3,(H2,27,28,29)/t13-,14-,15+,16?,19?/m0/s1. The number of thiazole rings is 1. The number of carbonyl (C=O) groups excluding carboxylic acids is 1. The van der Waals surface area contributed by atoms with Gasteiger partial charge in [0.05, 0.1) is 16.9 Å². The van der Waals surface area contributed by atoms with Crippen LogP contribution in [0.4, 0.5) is 5.69 Å². The number of aryl methyl sites for hydroxylation is 1. The molecule has 4 N–H and O–H groups in total. The first-order chi connectivity index (χ1) is 16.5. The molecule has 1 aliphatic heterocycles. The molecule has 2 unspecified atom stereocenters. The molecular weight excluding hydrogens is 448 g/mol. The van der Waals surface area contributed by atoms with Crippen molar-refractivity contribution in [2.45, 2.75) is 57.2 Å². The molecule has 0 bridgehead atoms. The van der Waals surface area contributed by atoms with Gasteiger partial charge in [0, 0.05) is 47.8 Å². The number of amides is 1. The second-order valence-electron chi connectivity index (χ2n) is 10.1. The van der Waals surface area contributed by atoms with E-state index in [1.165, 1.54) is 17.0 Å². The minimum atomic E-state index is -0.916. The van der Waals surface area contributed by atoms with Crippen molar-refractivity contribution in [3.05, 3.63) is 29.0 Å². The predicted octanol–water partition coefficient (Wildman–Crippen LogP) is 3.31. The van der Waals surface area contributed by atoms with E-state index >= 15 is 0 Å². The molecule has 3 aromatic heterocycles. The number of hydrogen-bond acceptors (Lipinski definition) is 7. The van der Waals surface area contributed by atoms with Crippen LogP contribution >= 0.6 is 11.3 Å². The third kappa shape index (κ3) is 3.70. The third-order valence-corrected chi connectivity index (χ3v) is 9.13. The lowest BCUT2D eigenvalue weighted by atomic mass is 9.98. The van der Waals surface area contributed by atoms with E-state index in [2.05, 4.69) is 26.7 Å². The summed E-state index contributed by atoms with van der Waals surface area (Å²) in [6.07, 6.45) is 8.40. The molecule has 0 radical (unpaired) electrons. The largest absolute Gasteiger partial charge is 0.384 e. The number of H-pyrrole nitrogens is 1. The van der Waals surface area contributed by atoms with E-state index in [9.17, 15) is 9.90 Å². The number of hydrogen-bond donors (Lipinski definition) is 4. The number of aliphatic hydroxyl groups excluding tert-OH is 1. The highest BCUT2D eigenvalue weighted by Crippen LogP contribution is 2.44. The Morgan fingerprint density at radius 1 is 1.32 bits per heavy atom. The van der Waals surface area contributed by atoms with Crippen molar-refractivity contribution in [1.82, 2.24) is 25.2 Å². The van der Waals surface area contributed by atoms with E-state index in [1.54, 1.807) is 18.3 Å². The van der Waals surface area contributed by atoms with Gasteiger partial charge in [-0.3, -0.25) is 4.79 Å². The summed E-state index contributed by atoms with van der Waals surface area (Å²) in [4.78, 5) is 28.5. The van der Waals surface area contributed by atoms with Crippen LogP contribution in [0.15, 0.2) is 18.5 Å². The van der Waals surface area contributed by atoms with E-state index in [0.29, 0.717) is 23.9 Å². The molecule has 8 nitrogen and oxygen atoms in total. The summed E-state index contributed by atoms with van der Waals surface area (Å²) in [5.74, 6) is 0.823. The predicted molar refractivity (Wildman–Crippen MR) is 134 cm³/mol. The number of likely N-dealkylation sites (tertiary alicyclic amines) is 1. The topological polar surface area (TPSA) is 106 Å². The van der Waals surface area contributed by atoms with Crippen molar-refractivity contribution in [3.63, 3.8) is 0 Å². The summed E-state index contributed by atoms with van der Waals surface area (Å²) in [6, 6.07) is 2.83. The van der Waals surface area contributed by atoms with Crippen LogP contribution in [0.1, 0.15) is 49.2 Å². The molecule has 34 heavy (non-hydrogen) atoms. The Kier molecular flexibility index (Phi) is 5.58. The summed E-state index contributed by atoms with van der Waals surface area (Å²) in [5.41, 5.74) is 4.29. The Hall–Kier alpha value is -2.49. The Labute approximate surface area is 203 Å². The number of anilines is 1. The van der Waals surface area contributed by atoms with E-state index in [0.717, 1.165) is 66.1 Å². The SMILES string of the molecule is CNC1CCCc2nc(-c3cnc4[nH]ccc4c3NC3C[C@@H]4CN(C(=O)[C@H](C)O)C[C@@H]4C3)sc21. The van der Waals surface area contributed by atoms with Crippen molar-refractivity contribution in [2.75, 3.05) is 25.5 Å². The first kappa shape index (κ1) is 22.0. The van der Waals surface area contributed by atoms with Gasteiger partial charge in [-0.2, -0.15) is 0 Å². The molecule has 2 aliphatic carbocycles. The molecule has 6 rings (SSSR count). The van der Waals surface area contributed by atoms with Gasteiger partial charge in [-0.1, -0.05) is 0 Å². The Balaban J connectivity index is 1.28. The monoisotopic (exact) mass is 480 g/mol. The number of fused-ring (bicyclic) bond motifs is 3. The number of pyridine rings is 1. The zero-order chi connectivity index (χ0) is 23.4. The number of nitrogens with one attached hydrogen (secondary N) is 3. The molecule has 5 atom stereocenters. The van der Waals surface area contributed by atoms with Gasteiger partial charge in [0.2, 0.25) is 0 Å². The normalized spacial score (nSPS) is 27.1. The molecule has 4 heterocycles. The van der Waals surface area contributed by atoms with E-state index in [4.69, 9.17) is 4.98 Å². The number of aromatic nitrogens is 3. The highest BCUT2D eigenvalue weighted by Gasteiger charge is 2.43. The summed E-state index contributed by atoms with van der Waals surface area (Å²) >= 11 is 1.80. The molecule has 1 saturated carbocycles. The molecule has 3 aliphatic rings. The van der Waals surface area contributed by atoms with Crippen LogP contribution in [-0.4, -0.2) is 63.1 Å². The second kappa shape index (κ2) is 8.62. The van der Waals surface area contributed by atoms with Gasteiger partial charge in [0.25, 0.3) is 5.91 Å². The molecular formula is C25H32N6O2S. The zero-order valence-corrected chi connectivity index (χ0v) is 20.5. The fourth-order valence-electron chi connectivity index (χ4n) is 6.20. The lowest BCUT2D eigenvalue weighted by Crippen LogP contribution is -2.37. The maximum Gasteiger partial charge on any atom is 0.251 e. The number of rotatable bonds is 5. The van der Waals surface area contributed by atoms with Crippen molar-refractivity contribution in [3.8, 4) is 10.6 Å². The van der Waals surface area contributed by atoms with Gasteiger partial charge in [0.15, 0.2) is 0 Å². The summed E-state index contributed by atoms with van der Waals surface area (Å²) < 4.78 is 0. The third-order valence-electron chi connectivity index (χ3n) is 7.88. The van der Waals surface area contributed by atoms with Crippen molar-refractivity contribution in [2.24, 2.45) is 11.8 Å². The van der Waals surface area contributed by atoms with Gasteiger partial charge in [-0.25, -0.2) is 9.97 Å². The maximum atomic E-state index is 12.2. The molecule has 9 heteroatoms. The van der Waals surface area contributed by atoms with Crippen LogP contribution in [0.3, 0.4) is 0 Å². The summed E-state index contributed by atoms with van der Waals surface area (Å²) in [7, 11) is 2.03. The van der Waals surface area contributed by atoms with Crippen LogP contribution in [0, 0.1) is 11.8 Å². The molecule has 3 aromatic rings. The molecule has 180 valence electrons. The average Bonchev–Trinajstić information content (AvgIpc) is 3.60. The fourth-order valence-corrected chi connectivity index (χ4v) is 7.47. The minimum Gasteiger partial charge on any atom is -0.384 e. The number of aromatic amines is 1. The van der Waals surface area contributed by atoms with Crippen LogP contribution in [-0.2, 0) is 11.2 Å². The van der Waals surface area contributed by atoms with Crippen molar-refractivity contribution < 1.29 is 9.90 Å². The van der Waals surface area contributed by atoms with Crippen LogP contribution in [0.25, 0.3) is 21.6 Å². The number of carbonyl (C=O) groups is 1. The summed E-state index contributed by atoms with van der Waals surface area (Å²) in [6.45, 7) is 3.06. The first-order valence-electron chi connectivity index (χ1n) is 12.4. The van der Waals surface area contributed by atoms with Gasteiger partial charge in [-0.15, -0.1) is 11.3 Å². The first-order valence-corrected chi connectivity index (χ1v) is 13.2. The maximum absolute atomic E-state index is 12.2. The number of aliphatic hydroxyl groups is 1. The van der Waals surface area contributed by atoms with Gasteiger partial charge in [-0.05, 0) is 64.0 Å². The Morgan fingerprint density at radius 2 is 2.12 bits per heavy atom. The highest BCUT2D eigenvalue weighted by atomic mass is 32.1. The quantitative estimate of drug-likeness (QED) is 0.446. The highest BCUT2D eigenvalue weighted by molar-refractivity contribution is 7.15.